The van der Waals surface area contributed by atoms with Crippen molar-refractivity contribution in [2.75, 3.05) is 25.1 Å². The van der Waals surface area contributed by atoms with E-state index < -0.39 is 13.0 Å². The Morgan fingerprint density at radius 3 is 3.06 bits per heavy atom. The average molecular weight is 423 g/mol. The zero-order valence-electron chi connectivity index (χ0n) is 16.7. The lowest BCUT2D eigenvalue weighted by Gasteiger charge is -2.26. The summed E-state index contributed by atoms with van der Waals surface area (Å²) >= 11 is 0. The van der Waals surface area contributed by atoms with Gasteiger partial charge in [-0.05, 0) is 36.5 Å². The smallest absolute Gasteiger partial charge is 0.532 e. The normalized spacial score (nSPS) is 20.3. The van der Waals surface area contributed by atoms with E-state index in [-0.39, 0.29) is 36.4 Å². The minimum absolute atomic E-state index is 0.104. The molecule has 3 heterocycles. The van der Waals surface area contributed by atoms with Gasteiger partial charge < -0.3 is 30.6 Å². The number of anilines is 2. The molecule has 2 atom stereocenters. The molecule has 2 aliphatic heterocycles. The van der Waals surface area contributed by atoms with E-state index in [0.717, 1.165) is 0 Å². The number of carbonyl (C=O) groups excluding carboxylic acids is 1. The number of nitrogens with zero attached hydrogens (tertiary/aromatic N) is 3. The molecule has 0 aliphatic carbocycles. The Labute approximate surface area is 179 Å². The predicted molar refractivity (Wildman–Crippen MR) is 112 cm³/mol. The van der Waals surface area contributed by atoms with Crippen molar-refractivity contribution in [3.8, 4) is 11.8 Å². The van der Waals surface area contributed by atoms with Gasteiger partial charge in [-0.25, -0.2) is 0 Å². The summed E-state index contributed by atoms with van der Waals surface area (Å²) < 4.78 is 12.5. The number of aromatic nitrogens is 2. The first-order valence-electron chi connectivity index (χ1n) is 9.93. The Morgan fingerprint density at radius 1 is 1.48 bits per heavy atom. The largest absolute Gasteiger partial charge is 0.555 e. The molecule has 31 heavy (non-hydrogen) atoms. The van der Waals surface area contributed by atoms with Crippen LogP contribution in [0.15, 0.2) is 29.9 Å². The van der Waals surface area contributed by atoms with E-state index in [1.165, 1.54) is 6.20 Å². The summed E-state index contributed by atoms with van der Waals surface area (Å²) in [6.45, 7) is 0.740. The summed E-state index contributed by atoms with van der Waals surface area (Å²) in [5.74, 6) is -0.152. The van der Waals surface area contributed by atoms with Crippen LogP contribution in [0.3, 0.4) is 0 Å². The maximum Gasteiger partial charge on any atom is 0.555 e. The zero-order valence-corrected chi connectivity index (χ0v) is 16.7. The molecule has 4 rings (SSSR count). The third-order valence-corrected chi connectivity index (χ3v) is 5.40. The summed E-state index contributed by atoms with van der Waals surface area (Å²) in [4.78, 5) is 12.0. The second-order valence-corrected chi connectivity index (χ2v) is 7.44. The fourth-order valence-electron chi connectivity index (χ4n) is 3.74. The molecule has 1 fully saturated rings. The van der Waals surface area contributed by atoms with Crippen molar-refractivity contribution in [1.29, 1.82) is 5.26 Å². The van der Waals surface area contributed by atoms with E-state index in [2.05, 4.69) is 16.5 Å². The van der Waals surface area contributed by atoms with Crippen LogP contribution in [0.2, 0.25) is 0 Å². The number of amides is 1. The lowest BCUT2D eigenvalue weighted by atomic mass is 9.74. The van der Waals surface area contributed by atoms with Crippen LogP contribution in [-0.2, 0) is 4.74 Å². The molecule has 1 aromatic heterocycles. The number of aliphatic hydroxyl groups excluding tert-OH is 1. The highest BCUT2D eigenvalue weighted by molar-refractivity contribution is 6.54. The molecule has 0 radical (unpaired) electrons. The average Bonchev–Trinajstić information content (AvgIpc) is 3.18. The molecule has 1 aromatic carbocycles. The first-order chi connectivity index (χ1) is 15.0. The number of hydrogen-bond acceptors (Lipinski definition) is 8. The highest BCUT2D eigenvalue weighted by Gasteiger charge is 2.30. The van der Waals surface area contributed by atoms with Gasteiger partial charge in [0.25, 0.3) is 5.91 Å². The zero-order chi connectivity index (χ0) is 22.0. The van der Waals surface area contributed by atoms with E-state index in [1.54, 1.807) is 29.0 Å². The Kier molecular flexibility index (Phi) is 5.95. The van der Waals surface area contributed by atoms with Crippen LogP contribution in [-0.4, -0.2) is 52.8 Å². The van der Waals surface area contributed by atoms with Crippen molar-refractivity contribution in [2.45, 2.75) is 18.9 Å². The first kappa shape index (κ1) is 20.9. The Bertz CT molecular complexity index is 1060. The topological polar surface area (TPSA) is 156 Å². The number of ether oxygens (including phenoxy) is 1. The summed E-state index contributed by atoms with van der Waals surface area (Å²) in [6.07, 6.45) is 4.17. The number of nitrogens with one attached hydrogen (secondary N) is 1. The second kappa shape index (κ2) is 8.81. The van der Waals surface area contributed by atoms with Gasteiger partial charge in [-0.15, -0.1) is 0 Å². The molecule has 11 heteroatoms. The number of nitrogens with two attached hydrogens (primary N) is 1. The number of nitriles is 1. The van der Waals surface area contributed by atoms with E-state index in [9.17, 15) is 15.1 Å². The van der Waals surface area contributed by atoms with Gasteiger partial charge in [0.2, 0.25) is 0 Å². The number of carbonyl (C=O) groups is 1. The molecule has 0 unspecified atom stereocenters. The van der Waals surface area contributed by atoms with Gasteiger partial charge in [0.05, 0.1) is 24.6 Å². The molecule has 160 valence electrons. The number of benzene rings is 1. The van der Waals surface area contributed by atoms with E-state index >= 15 is 0 Å². The Morgan fingerprint density at radius 2 is 2.32 bits per heavy atom. The Balaban J connectivity index is 1.63. The molecule has 0 saturated carbocycles. The Hall–Kier alpha value is -3.33. The van der Waals surface area contributed by atoms with Gasteiger partial charge >= 0.3 is 7.12 Å². The minimum atomic E-state index is -1.10. The summed E-state index contributed by atoms with van der Waals surface area (Å²) in [6, 6.07) is 7.16. The van der Waals surface area contributed by atoms with Crippen LogP contribution in [0, 0.1) is 17.2 Å². The molecular weight excluding hydrogens is 401 g/mol. The van der Waals surface area contributed by atoms with Crippen molar-refractivity contribution in [3.63, 3.8) is 0 Å². The molecule has 0 bridgehead atoms. The number of fused-ring (bicyclic) bond motifs is 1. The molecule has 5 N–H and O–H groups in total. The van der Waals surface area contributed by atoms with Gasteiger partial charge in [0, 0.05) is 30.7 Å². The van der Waals surface area contributed by atoms with Crippen molar-refractivity contribution in [2.24, 2.45) is 11.7 Å². The standard InChI is InChI=1S/C20H22BN5O5/c22-9-12-4-6-30-11-17(12)26-10-16(19(23)28)20(25-26)24-15-1-2-18-13(8-15)7-14(3-5-27)21(29)31-18/h1-2,7-8,10,12,17,27,29H,3-6,11H2,(H2,23,28)(H,24,25)/t12-,17+/m1/s1. The van der Waals surface area contributed by atoms with Crippen LogP contribution in [0.25, 0.3) is 6.08 Å². The van der Waals surface area contributed by atoms with Gasteiger partial charge in [0.15, 0.2) is 5.82 Å². The van der Waals surface area contributed by atoms with Crippen molar-refractivity contribution in [1.82, 2.24) is 9.78 Å². The van der Waals surface area contributed by atoms with Gasteiger partial charge in [-0.3, -0.25) is 9.48 Å². The lowest BCUT2D eigenvalue weighted by Crippen LogP contribution is -2.29. The molecule has 2 aromatic rings. The van der Waals surface area contributed by atoms with E-state index in [4.69, 9.17) is 20.2 Å². The molecule has 1 amide bonds. The lowest BCUT2D eigenvalue weighted by molar-refractivity contribution is 0.0342. The number of hydrogen-bond donors (Lipinski definition) is 4. The first-order valence-corrected chi connectivity index (χ1v) is 9.93. The van der Waals surface area contributed by atoms with Crippen LogP contribution < -0.4 is 15.7 Å². The van der Waals surface area contributed by atoms with Crippen molar-refractivity contribution >= 4 is 30.6 Å². The molecular formula is C20H22BN5O5. The number of rotatable bonds is 6. The van der Waals surface area contributed by atoms with Crippen molar-refractivity contribution < 1.29 is 24.3 Å². The third-order valence-electron chi connectivity index (χ3n) is 5.40. The molecule has 10 nitrogen and oxygen atoms in total. The van der Waals surface area contributed by atoms with Crippen LogP contribution in [0.5, 0.6) is 5.75 Å². The highest BCUT2D eigenvalue weighted by atomic mass is 16.5. The maximum absolute atomic E-state index is 12.0. The summed E-state index contributed by atoms with van der Waals surface area (Å²) in [7, 11) is -1.10. The summed E-state index contributed by atoms with van der Waals surface area (Å²) in [5.41, 5.74) is 7.65. The van der Waals surface area contributed by atoms with Gasteiger partial charge in [0.1, 0.15) is 11.3 Å². The quantitative estimate of drug-likeness (QED) is 0.502. The van der Waals surface area contributed by atoms with Crippen molar-refractivity contribution in [3.05, 3.63) is 41.0 Å². The van der Waals surface area contributed by atoms with Crippen LogP contribution in [0.4, 0.5) is 11.5 Å². The fraction of sp³-hybridized carbons (Fsp3) is 0.350. The summed E-state index contributed by atoms with van der Waals surface area (Å²) in [5, 5.41) is 36.2. The van der Waals surface area contributed by atoms with Gasteiger partial charge in [-0.2, -0.15) is 10.4 Å². The fourth-order valence-corrected chi connectivity index (χ4v) is 3.74. The molecule has 1 saturated heterocycles. The number of aliphatic hydroxyl groups is 1. The SMILES string of the molecule is N#C[C@H]1CCOC[C@@H]1n1cc(C(N)=O)c(Nc2ccc3c(c2)C=C(CCO)B(O)O3)n1. The minimum Gasteiger partial charge on any atom is -0.532 e. The third kappa shape index (κ3) is 4.27. The highest BCUT2D eigenvalue weighted by Crippen LogP contribution is 2.33. The van der Waals surface area contributed by atoms with Gasteiger partial charge in [-0.1, -0.05) is 6.08 Å². The molecule has 2 aliphatic rings. The maximum atomic E-state index is 12.0. The van der Waals surface area contributed by atoms with E-state index in [0.29, 0.717) is 42.1 Å². The van der Waals surface area contributed by atoms with E-state index in [1.807, 2.05) is 0 Å². The van der Waals surface area contributed by atoms with Crippen LogP contribution >= 0.6 is 0 Å². The predicted octanol–water partition coefficient (Wildman–Crippen LogP) is 1.00. The monoisotopic (exact) mass is 423 g/mol. The number of primary amides is 1. The second-order valence-electron chi connectivity index (χ2n) is 7.44. The molecule has 0 spiro atoms. The van der Waals surface area contributed by atoms with Crippen LogP contribution in [0.1, 0.15) is 34.8 Å².